The number of hydrogen-bond donors (Lipinski definition) is 1. The molecule has 0 aliphatic carbocycles. The van der Waals surface area contributed by atoms with Gasteiger partial charge >= 0.3 is 0 Å². The molecule has 2 aliphatic rings. The monoisotopic (exact) mass is 407 g/mol. The highest BCUT2D eigenvalue weighted by Crippen LogP contribution is 2.37. The summed E-state index contributed by atoms with van der Waals surface area (Å²) in [6, 6.07) is 10.5. The van der Waals surface area contributed by atoms with E-state index in [0.717, 1.165) is 37.4 Å². The fourth-order valence-electron chi connectivity index (χ4n) is 3.68. The van der Waals surface area contributed by atoms with E-state index < -0.39 is 10.0 Å². The summed E-state index contributed by atoms with van der Waals surface area (Å²) in [6.07, 6.45) is 0.687. The minimum atomic E-state index is -3.68. The number of anilines is 2. The summed E-state index contributed by atoms with van der Waals surface area (Å²) < 4.78 is 33.6. The number of nitrogens with one attached hydrogen (secondary N) is 1. The summed E-state index contributed by atoms with van der Waals surface area (Å²) in [5, 5.41) is 3.84. The summed E-state index contributed by atoms with van der Waals surface area (Å²) in [7, 11) is -2.07. The summed E-state index contributed by atoms with van der Waals surface area (Å²) in [5.41, 5.74) is 2.48. The van der Waals surface area contributed by atoms with Gasteiger partial charge in [-0.1, -0.05) is 17.7 Å². The molecule has 2 aliphatic heterocycles. The van der Waals surface area contributed by atoms with Crippen LogP contribution in [0.4, 0.5) is 11.4 Å². The predicted octanol–water partition coefficient (Wildman–Crippen LogP) is 2.51. The lowest BCUT2D eigenvalue weighted by atomic mass is 10.2. The lowest BCUT2D eigenvalue weighted by Gasteiger charge is -2.31. The molecule has 0 unspecified atom stereocenters. The van der Waals surface area contributed by atoms with Gasteiger partial charge in [0.2, 0.25) is 0 Å². The van der Waals surface area contributed by atoms with Crippen LogP contribution in [-0.2, 0) is 16.4 Å². The Morgan fingerprint density at radius 1 is 1.04 bits per heavy atom. The summed E-state index contributed by atoms with van der Waals surface area (Å²) in [5.74, 6) is 0.681. The molecule has 2 heterocycles. The second kappa shape index (κ2) is 7.22. The van der Waals surface area contributed by atoms with Gasteiger partial charge in [0.25, 0.3) is 10.0 Å². The van der Waals surface area contributed by atoms with Crippen LogP contribution in [0.2, 0.25) is 5.02 Å². The van der Waals surface area contributed by atoms with Gasteiger partial charge < -0.3 is 15.0 Å². The van der Waals surface area contributed by atoms with Gasteiger partial charge in [0, 0.05) is 37.7 Å². The van der Waals surface area contributed by atoms with E-state index in [0.29, 0.717) is 29.4 Å². The number of methoxy groups -OCH3 is 1. The van der Waals surface area contributed by atoms with Gasteiger partial charge in [0.1, 0.15) is 5.75 Å². The smallest absolute Gasteiger partial charge is 0.264 e. The summed E-state index contributed by atoms with van der Waals surface area (Å²) in [6.45, 7) is 3.76. The Morgan fingerprint density at radius 3 is 2.56 bits per heavy atom. The molecule has 1 N–H and O–H groups in total. The molecule has 27 heavy (non-hydrogen) atoms. The van der Waals surface area contributed by atoms with Crippen LogP contribution in [0.15, 0.2) is 41.3 Å². The van der Waals surface area contributed by atoms with E-state index in [-0.39, 0.29) is 4.90 Å². The highest BCUT2D eigenvalue weighted by molar-refractivity contribution is 7.92. The van der Waals surface area contributed by atoms with Gasteiger partial charge in [-0.3, -0.25) is 4.31 Å². The third-order valence-corrected chi connectivity index (χ3v) is 7.14. The molecular weight excluding hydrogens is 386 g/mol. The number of fused-ring (bicyclic) bond motifs is 1. The molecule has 2 aromatic rings. The van der Waals surface area contributed by atoms with Crippen molar-refractivity contribution in [2.45, 2.75) is 11.3 Å². The standard InChI is InChI=1S/C19H22ClN3O3S/c1-26-19-5-4-16(13-18(19)22-10-7-21-8-11-22)27(24,25)23-9-6-14-2-3-15(20)12-17(14)23/h2-5,12-13,21H,6-11H2,1H3. The molecule has 0 radical (unpaired) electrons. The van der Waals surface area contributed by atoms with E-state index in [1.54, 1.807) is 37.4 Å². The highest BCUT2D eigenvalue weighted by Gasteiger charge is 2.32. The molecule has 6 nitrogen and oxygen atoms in total. The maximum Gasteiger partial charge on any atom is 0.264 e. The van der Waals surface area contributed by atoms with Gasteiger partial charge in [0.15, 0.2) is 0 Å². The average Bonchev–Trinajstić information content (AvgIpc) is 3.12. The zero-order valence-electron chi connectivity index (χ0n) is 15.1. The van der Waals surface area contributed by atoms with Crippen molar-refractivity contribution in [3.8, 4) is 5.75 Å². The van der Waals surface area contributed by atoms with Crippen molar-refractivity contribution < 1.29 is 13.2 Å². The first-order chi connectivity index (χ1) is 13.0. The fraction of sp³-hybridized carbons (Fsp3) is 0.368. The van der Waals surface area contributed by atoms with Crippen LogP contribution in [0.25, 0.3) is 0 Å². The summed E-state index contributed by atoms with van der Waals surface area (Å²) >= 11 is 6.10. The van der Waals surface area contributed by atoms with E-state index in [9.17, 15) is 8.42 Å². The number of ether oxygens (including phenoxy) is 1. The van der Waals surface area contributed by atoms with Crippen LogP contribution in [0, 0.1) is 0 Å². The Balaban J connectivity index is 1.74. The summed E-state index contributed by atoms with van der Waals surface area (Å²) in [4.78, 5) is 2.42. The minimum Gasteiger partial charge on any atom is -0.495 e. The largest absolute Gasteiger partial charge is 0.495 e. The predicted molar refractivity (Wildman–Crippen MR) is 108 cm³/mol. The molecule has 0 spiro atoms. The minimum absolute atomic E-state index is 0.268. The van der Waals surface area contributed by atoms with E-state index in [1.165, 1.54) is 4.31 Å². The van der Waals surface area contributed by atoms with Crippen LogP contribution in [0.5, 0.6) is 5.75 Å². The molecule has 144 valence electrons. The van der Waals surface area contributed by atoms with Crippen molar-refractivity contribution in [1.29, 1.82) is 0 Å². The molecule has 0 amide bonds. The van der Waals surface area contributed by atoms with Gasteiger partial charge in [-0.25, -0.2) is 8.42 Å². The third kappa shape index (κ3) is 3.35. The highest BCUT2D eigenvalue weighted by atomic mass is 35.5. The van der Waals surface area contributed by atoms with Crippen LogP contribution in [0.3, 0.4) is 0 Å². The molecular formula is C19H22ClN3O3S. The molecule has 1 fully saturated rings. The maximum absolute atomic E-state index is 13.4. The molecule has 0 atom stereocenters. The fourth-order valence-corrected chi connectivity index (χ4v) is 5.36. The number of sulfonamides is 1. The Hall–Kier alpha value is -1.96. The zero-order chi connectivity index (χ0) is 19.0. The molecule has 0 bridgehead atoms. The number of halogens is 1. The molecule has 2 aromatic carbocycles. The van der Waals surface area contributed by atoms with Crippen molar-refractivity contribution >= 4 is 33.0 Å². The normalized spacial score (nSPS) is 17.1. The topological polar surface area (TPSA) is 61.9 Å². The van der Waals surface area contributed by atoms with Crippen molar-refractivity contribution in [3.63, 3.8) is 0 Å². The number of rotatable bonds is 4. The molecule has 4 rings (SSSR count). The lowest BCUT2D eigenvalue weighted by molar-refractivity contribution is 0.412. The van der Waals surface area contributed by atoms with E-state index in [4.69, 9.17) is 16.3 Å². The van der Waals surface area contributed by atoms with E-state index >= 15 is 0 Å². The zero-order valence-corrected chi connectivity index (χ0v) is 16.7. The number of hydrogen-bond acceptors (Lipinski definition) is 5. The van der Waals surface area contributed by atoms with E-state index in [1.807, 2.05) is 6.07 Å². The van der Waals surface area contributed by atoms with Crippen LogP contribution >= 0.6 is 11.6 Å². The van der Waals surface area contributed by atoms with Crippen LogP contribution < -0.4 is 19.3 Å². The second-order valence-electron chi connectivity index (χ2n) is 6.67. The Bertz CT molecular complexity index is 959. The number of nitrogens with zero attached hydrogens (tertiary/aromatic N) is 2. The van der Waals surface area contributed by atoms with Crippen molar-refractivity contribution in [2.75, 3.05) is 49.0 Å². The number of piperazine rings is 1. The van der Waals surface area contributed by atoms with Gasteiger partial charge in [-0.05, 0) is 42.3 Å². The first-order valence-corrected chi connectivity index (χ1v) is 10.8. The van der Waals surface area contributed by atoms with Crippen molar-refractivity contribution in [2.24, 2.45) is 0 Å². The van der Waals surface area contributed by atoms with Crippen LogP contribution in [-0.4, -0.2) is 48.3 Å². The SMILES string of the molecule is COc1ccc(S(=O)(=O)N2CCc3ccc(Cl)cc32)cc1N1CCNCC1. The molecule has 8 heteroatoms. The molecule has 1 saturated heterocycles. The van der Waals surface area contributed by atoms with Gasteiger partial charge in [-0.2, -0.15) is 0 Å². The van der Waals surface area contributed by atoms with Gasteiger partial charge in [0.05, 0.1) is 23.4 Å². The number of benzene rings is 2. The Labute approximate surface area is 164 Å². The Kier molecular flexibility index (Phi) is 4.92. The van der Waals surface area contributed by atoms with Crippen LogP contribution in [0.1, 0.15) is 5.56 Å². The first-order valence-electron chi connectivity index (χ1n) is 8.95. The molecule has 0 saturated carbocycles. The average molecular weight is 408 g/mol. The third-order valence-electron chi connectivity index (χ3n) is 5.10. The van der Waals surface area contributed by atoms with E-state index in [2.05, 4.69) is 10.2 Å². The lowest BCUT2D eigenvalue weighted by Crippen LogP contribution is -2.43. The van der Waals surface area contributed by atoms with Gasteiger partial charge in [-0.15, -0.1) is 0 Å². The van der Waals surface area contributed by atoms with Crippen molar-refractivity contribution in [3.05, 3.63) is 47.0 Å². The van der Waals surface area contributed by atoms with Crippen molar-refractivity contribution in [1.82, 2.24) is 5.32 Å². The first kappa shape index (κ1) is 18.4. The maximum atomic E-state index is 13.4. The molecule has 0 aromatic heterocycles. The Morgan fingerprint density at radius 2 is 1.81 bits per heavy atom. The second-order valence-corrected chi connectivity index (χ2v) is 8.97. The quantitative estimate of drug-likeness (QED) is 0.843.